The molecular weight excluding hydrogens is 222 g/mol. The number of rotatable bonds is 2. The Labute approximate surface area is 118 Å². The number of fused-ring (bicyclic) bond motifs is 1. The topological polar surface area (TPSA) is 29.3 Å². The van der Waals surface area contributed by atoms with Crippen molar-refractivity contribution in [2.75, 3.05) is 6.54 Å². The lowest BCUT2D eigenvalue weighted by molar-refractivity contribution is 0.397. The van der Waals surface area contributed by atoms with E-state index in [1.807, 2.05) is 0 Å². The fourth-order valence-electron chi connectivity index (χ4n) is 2.18. The summed E-state index contributed by atoms with van der Waals surface area (Å²) in [6, 6.07) is -2.11. The van der Waals surface area contributed by atoms with Gasteiger partial charge in [-0.15, -0.1) is 0 Å². The van der Waals surface area contributed by atoms with E-state index in [2.05, 4.69) is 4.98 Å². The van der Waals surface area contributed by atoms with Gasteiger partial charge in [0.05, 0.1) is 9.81 Å². The molecule has 3 nitrogen and oxygen atoms in total. The second-order valence-corrected chi connectivity index (χ2v) is 4.60. The lowest BCUT2D eigenvalue weighted by Crippen LogP contribution is -2.35. The number of nitrogens with zero attached hydrogens (tertiary/aromatic N) is 2. The number of piperidine rings is 1. The number of imidazole rings is 1. The number of hydrogen-bond acceptors (Lipinski definition) is 2. The van der Waals surface area contributed by atoms with Gasteiger partial charge in [0.2, 0.25) is 0 Å². The molecule has 1 fully saturated rings. The van der Waals surface area contributed by atoms with Crippen LogP contribution in [0.25, 0.3) is 5.65 Å². The fourth-order valence-corrected chi connectivity index (χ4v) is 2.18. The Morgan fingerprint density at radius 2 is 2.56 bits per heavy atom. The third kappa shape index (κ3) is 2.03. The molecule has 3 heteroatoms. The van der Waals surface area contributed by atoms with Crippen LogP contribution in [0, 0.1) is 13.8 Å². The highest BCUT2D eigenvalue weighted by molar-refractivity contribution is 5.50. The summed E-state index contributed by atoms with van der Waals surface area (Å²) < 4.78 is 59.2. The van der Waals surface area contributed by atoms with Crippen molar-refractivity contribution in [2.45, 2.75) is 45.5 Å². The molecule has 1 saturated heterocycles. The molecule has 3 heterocycles. The lowest BCUT2D eigenvalue weighted by Gasteiger charge is -2.22. The molecule has 0 radical (unpaired) electrons. The van der Waals surface area contributed by atoms with Crippen LogP contribution in [0.4, 0.5) is 0 Å². The predicted molar refractivity (Wildman–Crippen MR) is 74.0 cm³/mol. The van der Waals surface area contributed by atoms with Gasteiger partial charge in [-0.3, -0.25) is 0 Å². The van der Waals surface area contributed by atoms with Gasteiger partial charge in [0, 0.05) is 28.4 Å². The van der Waals surface area contributed by atoms with Crippen molar-refractivity contribution in [1.82, 2.24) is 14.7 Å². The zero-order valence-corrected chi connectivity index (χ0v) is 10.7. The Bertz CT molecular complexity index is 848. The van der Waals surface area contributed by atoms with Crippen molar-refractivity contribution in [3.05, 3.63) is 35.2 Å². The van der Waals surface area contributed by atoms with E-state index in [1.165, 1.54) is 4.40 Å². The van der Waals surface area contributed by atoms with Crippen LogP contribution in [0.2, 0.25) is 1.41 Å². The summed E-state index contributed by atoms with van der Waals surface area (Å²) in [5, 5.41) is 0.986. The third-order valence-corrected chi connectivity index (χ3v) is 3.25. The van der Waals surface area contributed by atoms with Crippen LogP contribution in [-0.2, 0) is 6.37 Å². The maximum absolute atomic E-state index is 8.62. The van der Waals surface area contributed by atoms with Gasteiger partial charge in [0.15, 0.2) is 0 Å². The summed E-state index contributed by atoms with van der Waals surface area (Å²) in [5.41, 5.74) is 1.00. The highest BCUT2D eigenvalue weighted by atomic mass is 15.0. The molecule has 1 atom stereocenters. The molecular formula is C15H21N3. The van der Waals surface area contributed by atoms with Crippen LogP contribution in [0.5, 0.6) is 0 Å². The molecule has 1 N–H and O–H groups in total. The first-order chi connectivity index (χ1) is 11.5. The van der Waals surface area contributed by atoms with Crippen LogP contribution in [-0.4, -0.2) is 21.9 Å². The Balaban J connectivity index is 2.27. The summed E-state index contributed by atoms with van der Waals surface area (Å²) in [6.07, 6.45) is -0.805. The Kier molecular flexibility index (Phi) is 1.63. The molecule has 2 aromatic rings. The van der Waals surface area contributed by atoms with Gasteiger partial charge in [-0.05, 0) is 44.8 Å². The van der Waals surface area contributed by atoms with Crippen LogP contribution in [0.1, 0.15) is 44.4 Å². The van der Waals surface area contributed by atoms with E-state index in [0.717, 1.165) is 11.7 Å². The summed E-state index contributed by atoms with van der Waals surface area (Å²) in [7, 11) is 0. The highest BCUT2D eigenvalue weighted by Gasteiger charge is 2.17. The molecule has 0 spiro atoms. The lowest BCUT2D eigenvalue weighted by atomic mass is 10.00. The van der Waals surface area contributed by atoms with Crippen molar-refractivity contribution in [1.29, 1.82) is 0 Å². The quantitative estimate of drug-likeness (QED) is 0.888. The maximum Gasteiger partial charge on any atom is 0.140 e. The largest absolute Gasteiger partial charge is 0.314 e. The zero-order chi connectivity index (χ0) is 18.7. The van der Waals surface area contributed by atoms with Crippen LogP contribution >= 0.6 is 0 Å². The van der Waals surface area contributed by atoms with Crippen molar-refractivity contribution in [3.63, 3.8) is 0 Å². The zero-order valence-electron chi connectivity index (χ0n) is 17.7. The third-order valence-electron chi connectivity index (χ3n) is 3.25. The van der Waals surface area contributed by atoms with Gasteiger partial charge in [0.25, 0.3) is 0 Å². The van der Waals surface area contributed by atoms with Gasteiger partial charge in [-0.1, -0.05) is 12.5 Å². The highest BCUT2D eigenvalue weighted by Crippen LogP contribution is 2.18. The summed E-state index contributed by atoms with van der Waals surface area (Å²) in [6.45, 7) is 3.55. The first-order valence-corrected chi connectivity index (χ1v) is 6.26. The Morgan fingerprint density at radius 3 is 3.39 bits per heavy atom. The standard InChI is InChI=1S/C15H21N3/c1-11-6-5-9-18-12(2)14(17-15(11)18)10-13-7-3-4-8-16-13/h5-6,9,13,16H,3-4,7-8,10H2,1-2H3/t13-/m0/s1/i5D,6D,9D,10D2,13D/hD. The smallest absolute Gasteiger partial charge is 0.140 e. The van der Waals surface area contributed by atoms with Crippen molar-refractivity contribution in [3.8, 4) is 0 Å². The van der Waals surface area contributed by atoms with E-state index in [0.29, 0.717) is 24.2 Å². The molecule has 1 aliphatic heterocycles. The first kappa shape index (κ1) is 6.20. The average molecular weight is 250 g/mol. The van der Waals surface area contributed by atoms with Gasteiger partial charge < -0.3 is 9.71 Å². The SMILES string of the molecule is [2H]c1c([2H])c([2H])n2c(C)c(C([2H])([2H])[C@]3([2H])CCCCN3[2H])nc2c1C. The summed E-state index contributed by atoms with van der Waals surface area (Å²) in [4.78, 5) is 4.34. The predicted octanol–water partition coefficient (Wildman–Crippen LogP) is 2.64. The summed E-state index contributed by atoms with van der Waals surface area (Å²) >= 11 is 0. The van der Waals surface area contributed by atoms with Gasteiger partial charge in [-0.2, -0.15) is 0 Å². The van der Waals surface area contributed by atoms with E-state index in [9.17, 15) is 0 Å². The summed E-state index contributed by atoms with van der Waals surface area (Å²) in [5.74, 6) is 0. The molecule has 0 saturated carbocycles. The van der Waals surface area contributed by atoms with Crippen LogP contribution in [0.3, 0.4) is 0 Å². The number of pyridine rings is 1. The fraction of sp³-hybridized carbons (Fsp3) is 0.533. The van der Waals surface area contributed by atoms with Crippen LogP contribution in [0.15, 0.2) is 18.3 Å². The molecule has 18 heavy (non-hydrogen) atoms. The molecule has 0 aliphatic carbocycles. The van der Waals surface area contributed by atoms with Crippen molar-refractivity contribution >= 4 is 5.65 Å². The van der Waals surface area contributed by atoms with E-state index in [1.54, 1.807) is 13.8 Å². The second kappa shape index (κ2) is 4.73. The normalized spacial score (nSPS) is 32.0. The molecule has 2 aromatic heterocycles. The van der Waals surface area contributed by atoms with Crippen molar-refractivity contribution < 1.29 is 9.64 Å². The molecule has 0 amide bonds. The number of aryl methyl sites for hydroxylation is 2. The molecule has 0 unspecified atom stereocenters. The molecule has 0 bridgehead atoms. The molecule has 96 valence electrons. The van der Waals surface area contributed by atoms with E-state index in [-0.39, 0.29) is 36.0 Å². The van der Waals surface area contributed by atoms with E-state index in [4.69, 9.17) is 9.64 Å². The van der Waals surface area contributed by atoms with Gasteiger partial charge >= 0.3 is 0 Å². The van der Waals surface area contributed by atoms with Gasteiger partial charge in [-0.25, -0.2) is 4.98 Å². The average Bonchev–Trinajstić information content (AvgIpc) is 2.92. The Hall–Kier alpha value is -1.35. The number of hydrogen-bond donors (Lipinski definition) is 1. The minimum atomic E-state index is -2.23. The minimum Gasteiger partial charge on any atom is -0.314 e. The molecule has 0 aromatic carbocycles. The maximum atomic E-state index is 8.62. The van der Waals surface area contributed by atoms with Crippen molar-refractivity contribution in [2.24, 2.45) is 0 Å². The molecule has 3 rings (SSSR count). The molecule has 1 aliphatic rings. The number of nitrogens with one attached hydrogen (secondary N) is 1. The Morgan fingerprint density at radius 1 is 1.67 bits per heavy atom. The van der Waals surface area contributed by atoms with E-state index >= 15 is 0 Å². The second-order valence-electron chi connectivity index (χ2n) is 4.60. The minimum absolute atomic E-state index is 0.00301. The first-order valence-electron chi connectivity index (χ1n) is 9.71. The van der Waals surface area contributed by atoms with E-state index < -0.39 is 12.4 Å². The number of aromatic nitrogens is 2. The monoisotopic (exact) mass is 250 g/mol. The van der Waals surface area contributed by atoms with Gasteiger partial charge in [0.1, 0.15) is 7.06 Å². The van der Waals surface area contributed by atoms with Crippen LogP contribution < -0.4 is 5.31 Å².